The van der Waals surface area contributed by atoms with Crippen molar-refractivity contribution in [3.05, 3.63) is 133 Å². The highest BCUT2D eigenvalue weighted by molar-refractivity contribution is 7.25. The first-order chi connectivity index (χ1) is 20.8. The molecule has 196 valence electrons. The Kier molecular flexibility index (Phi) is 5.03. The van der Waals surface area contributed by atoms with Gasteiger partial charge >= 0.3 is 0 Å². The molecule has 0 unspecified atom stereocenters. The van der Waals surface area contributed by atoms with Crippen LogP contribution >= 0.6 is 11.3 Å². The minimum absolute atomic E-state index is 0.602. The van der Waals surface area contributed by atoms with Crippen molar-refractivity contribution >= 4 is 59.6 Å². The van der Waals surface area contributed by atoms with Gasteiger partial charge in [-0.25, -0.2) is 4.98 Å². The number of hydrogen-bond acceptors (Lipinski definition) is 5. The third-order valence-electron chi connectivity index (χ3n) is 8.05. The van der Waals surface area contributed by atoms with E-state index in [4.69, 9.17) is 15.0 Å². The number of fused-ring (bicyclic) bond motifs is 5. The molecule has 2 aromatic heterocycles. The highest BCUT2D eigenvalue weighted by Gasteiger charge is 2.28. The Hall–Kier alpha value is -5.39. The average Bonchev–Trinajstić information content (AvgIpc) is 3.43. The summed E-state index contributed by atoms with van der Waals surface area (Å²) in [6, 6.07) is 46.7. The summed E-state index contributed by atoms with van der Waals surface area (Å²) in [4.78, 5) is 17.5. The standard InChI is InChI=1S/C37H22N4S/c1-2-10-24(11-3-1)35-38-36(25-20-21-28-27-15-5-7-19-32(27)42-33(28)22-25)40-37(39-35)41-30-17-6-4-14-26(30)29-16-8-12-23-13-9-18-31(41)34(23)29/h1-22H. The molecule has 0 bridgehead atoms. The van der Waals surface area contributed by atoms with Crippen LogP contribution < -0.4 is 4.90 Å². The zero-order chi connectivity index (χ0) is 27.6. The minimum atomic E-state index is 0.602. The Morgan fingerprint density at radius 2 is 1.17 bits per heavy atom. The lowest BCUT2D eigenvalue weighted by molar-refractivity contribution is 1.02. The number of hydrogen-bond donors (Lipinski definition) is 0. The van der Waals surface area contributed by atoms with Crippen molar-refractivity contribution in [1.82, 2.24) is 15.0 Å². The molecule has 6 aromatic carbocycles. The van der Waals surface area contributed by atoms with Gasteiger partial charge < -0.3 is 0 Å². The fourth-order valence-corrected chi connectivity index (χ4v) is 7.29. The Morgan fingerprint density at radius 3 is 2.07 bits per heavy atom. The van der Waals surface area contributed by atoms with E-state index < -0.39 is 0 Å². The summed E-state index contributed by atoms with van der Waals surface area (Å²) in [7, 11) is 0. The first kappa shape index (κ1) is 23.3. The number of para-hydroxylation sites is 1. The van der Waals surface area contributed by atoms with Crippen LogP contribution in [0, 0.1) is 0 Å². The molecule has 0 saturated heterocycles. The molecule has 0 aliphatic carbocycles. The van der Waals surface area contributed by atoms with Crippen LogP contribution in [0.1, 0.15) is 0 Å². The van der Waals surface area contributed by atoms with E-state index in [9.17, 15) is 0 Å². The molecule has 9 rings (SSSR count). The van der Waals surface area contributed by atoms with Crippen LogP contribution in [0.4, 0.5) is 17.3 Å². The molecule has 4 nitrogen and oxygen atoms in total. The molecule has 0 radical (unpaired) electrons. The third-order valence-corrected chi connectivity index (χ3v) is 9.18. The molecular formula is C37H22N4S. The van der Waals surface area contributed by atoms with E-state index in [0.29, 0.717) is 17.6 Å². The van der Waals surface area contributed by atoms with Crippen molar-refractivity contribution in [3.8, 4) is 33.9 Å². The van der Waals surface area contributed by atoms with Gasteiger partial charge in [0, 0.05) is 42.2 Å². The van der Waals surface area contributed by atoms with E-state index in [1.54, 1.807) is 11.3 Å². The topological polar surface area (TPSA) is 41.9 Å². The number of benzene rings is 6. The van der Waals surface area contributed by atoms with Gasteiger partial charge in [-0.1, -0.05) is 109 Å². The number of thiophene rings is 1. The summed E-state index contributed by atoms with van der Waals surface area (Å²) < 4.78 is 2.50. The van der Waals surface area contributed by atoms with Crippen LogP contribution in [0.3, 0.4) is 0 Å². The van der Waals surface area contributed by atoms with Crippen molar-refractivity contribution < 1.29 is 0 Å². The predicted molar refractivity (Wildman–Crippen MR) is 175 cm³/mol. The second kappa shape index (κ2) is 9.06. The molecule has 0 N–H and O–H groups in total. The van der Waals surface area contributed by atoms with E-state index in [0.717, 1.165) is 28.1 Å². The number of rotatable bonds is 3. The van der Waals surface area contributed by atoms with Crippen molar-refractivity contribution in [2.45, 2.75) is 0 Å². The molecule has 0 amide bonds. The maximum Gasteiger partial charge on any atom is 0.238 e. The van der Waals surface area contributed by atoms with Crippen LogP contribution in [0.5, 0.6) is 0 Å². The molecule has 0 spiro atoms. The van der Waals surface area contributed by atoms with Crippen LogP contribution in [-0.4, -0.2) is 15.0 Å². The monoisotopic (exact) mass is 554 g/mol. The first-order valence-electron chi connectivity index (χ1n) is 14.0. The van der Waals surface area contributed by atoms with Crippen molar-refractivity contribution in [2.75, 3.05) is 4.90 Å². The minimum Gasteiger partial charge on any atom is -0.278 e. The summed E-state index contributed by atoms with van der Waals surface area (Å²) in [5, 5.41) is 4.93. The molecule has 1 aliphatic rings. The molecule has 42 heavy (non-hydrogen) atoms. The van der Waals surface area contributed by atoms with Crippen LogP contribution in [0.15, 0.2) is 133 Å². The van der Waals surface area contributed by atoms with Gasteiger partial charge in [-0.05, 0) is 35.2 Å². The molecule has 0 atom stereocenters. The maximum atomic E-state index is 5.18. The average molecular weight is 555 g/mol. The second-order valence-electron chi connectivity index (χ2n) is 10.5. The largest absolute Gasteiger partial charge is 0.278 e. The van der Waals surface area contributed by atoms with Crippen molar-refractivity contribution in [1.29, 1.82) is 0 Å². The second-order valence-corrected chi connectivity index (χ2v) is 11.6. The number of nitrogens with zero attached hydrogens (tertiary/aromatic N) is 4. The smallest absolute Gasteiger partial charge is 0.238 e. The fourth-order valence-electron chi connectivity index (χ4n) is 6.15. The molecule has 0 fully saturated rings. The van der Waals surface area contributed by atoms with Crippen LogP contribution in [-0.2, 0) is 0 Å². The SMILES string of the molecule is c1ccc(-c2nc(-c3ccc4c(c3)sc3ccccc34)nc(N3c4ccccc4-c4cccc5cccc3c45)n2)cc1. The van der Waals surface area contributed by atoms with Gasteiger partial charge in [0.25, 0.3) is 0 Å². The normalized spacial score (nSPS) is 12.2. The molecule has 3 heterocycles. The molecule has 0 saturated carbocycles. The number of aromatic nitrogens is 3. The van der Waals surface area contributed by atoms with Gasteiger partial charge in [-0.2, -0.15) is 9.97 Å². The van der Waals surface area contributed by atoms with Gasteiger partial charge in [0.2, 0.25) is 5.95 Å². The quantitative estimate of drug-likeness (QED) is 0.218. The molecule has 5 heteroatoms. The Labute approximate surface area is 246 Å². The van der Waals surface area contributed by atoms with E-state index in [1.807, 2.05) is 18.2 Å². The Balaban J connectivity index is 1.31. The zero-order valence-corrected chi connectivity index (χ0v) is 23.2. The summed E-state index contributed by atoms with van der Waals surface area (Å²) in [6.07, 6.45) is 0. The van der Waals surface area contributed by atoms with E-state index >= 15 is 0 Å². The summed E-state index contributed by atoms with van der Waals surface area (Å²) in [5.41, 5.74) is 6.44. The van der Waals surface area contributed by atoms with Gasteiger partial charge in [-0.3, -0.25) is 4.90 Å². The van der Waals surface area contributed by atoms with Crippen molar-refractivity contribution in [2.24, 2.45) is 0 Å². The lowest BCUT2D eigenvalue weighted by Gasteiger charge is -2.32. The lowest BCUT2D eigenvalue weighted by Crippen LogP contribution is -2.18. The number of anilines is 3. The Morgan fingerprint density at radius 1 is 0.476 bits per heavy atom. The zero-order valence-electron chi connectivity index (χ0n) is 22.4. The van der Waals surface area contributed by atoms with Crippen LogP contribution in [0.2, 0.25) is 0 Å². The van der Waals surface area contributed by atoms with E-state index in [-0.39, 0.29) is 0 Å². The fraction of sp³-hybridized carbons (Fsp3) is 0. The molecular weight excluding hydrogens is 533 g/mol. The van der Waals surface area contributed by atoms with Crippen molar-refractivity contribution in [3.63, 3.8) is 0 Å². The molecule has 1 aliphatic heterocycles. The highest BCUT2D eigenvalue weighted by atomic mass is 32.1. The van der Waals surface area contributed by atoms with Gasteiger partial charge in [0.15, 0.2) is 11.6 Å². The van der Waals surface area contributed by atoms with Gasteiger partial charge in [-0.15, -0.1) is 11.3 Å². The van der Waals surface area contributed by atoms with Gasteiger partial charge in [0.05, 0.1) is 11.4 Å². The maximum absolute atomic E-state index is 5.18. The summed E-state index contributed by atoms with van der Waals surface area (Å²) in [5.74, 6) is 1.90. The van der Waals surface area contributed by atoms with E-state index in [1.165, 1.54) is 36.5 Å². The lowest BCUT2D eigenvalue weighted by atomic mass is 9.91. The van der Waals surface area contributed by atoms with Gasteiger partial charge in [0.1, 0.15) is 0 Å². The predicted octanol–water partition coefficient (Wildman–Crippen LogP) is 10.2. The summed E-state index contributed by atoms with van der Waals surface area (Å²) in [6.45, 7) is 0. The summed E-state index contributed by atoms with van der Waals surface area (Å²) >= 11 is 1.80. The third kappa shape index (κ3) is 3.51. The molecule has 8 aromatic rings. The highest BCUT2D eigenvalue weighted by Crippen LogP contribution is 2.50. The first-order valence-corrected chi connectivity index (χ1v) is 14.8. The van der Waals surface area contributed by atoms with E-state index in [2.05, 4.69) is 120 Å². The van der Waals surface area contributed by atoms with Crippen LogP contribution in [0.25, 0.3) is 64.8 Å². The Bertz CT molecular complexity index is 2320.